The summed E-state index contributed by atoms with van der Waals surface area (Å²) in [5, 5.41) is 8.92. The zero-order valence-electron chi connectivity index (χ0n) is 3.01. The highest BCUT2D eigenvalue weighted by molar-refractivity contribution is 8.07. The normalized spacial score (nSPS) is 49.2. The van der Waals surface area contributed by atoms with Gasteiger partial charge < -0.3 is 5.11 Å². The Labute approximate surface area is 35.4 Å². The van der Waals surface area contributed by atoms with Gasteiger partial charge in [-0.15, -0.1) is 11.8 Å². The van der Waals surface area contributed by atoms with E-state index < -0.39 is 0 Å². The van der Waals surface area contributed by atoms with Gasteiger partial charge >= 0.3 is 0 Å². The van der Waals surface area contributed by atoms with Crippen molar-refractivity contribution < 1.29 is 5.11 Å². The lowest BCUT2D eigenvalue weighted by Crippen LogP contribution is -1.80. The molecule has 0 amide bonds. The van der Waals surface area contributed by atoms with Gasteiger partial charge in [-0.05, 0) is 6.92 Å². The van der Waals surface area contributed by atoms with Gasteiger partial charge in [-0.2, -0.15) is 0 Å². The molecule has 0 aromatic heterocycles. The van der Waals surface area contributed by atoms with Crippen molar-refractivity contribution in [1.82, 2.24) is 0 Å². The van der Waals surface area contributed by atoms with Crippen LogP contribution in [0.3, 0.4) is 0 Å². The first kappa shape index (κ1) is 3.50. The lowest BCUT2D eigenvalue weighted by molar-refractivity contribution is 0.296. The number of aliphatic hydroxyl groups is 1. The van der Waals surface area contributed by atoms with Crippen molar-refractivity contribution in [2.45, 2.75) is 17.6 Å². The standard InChI is InChI=1S/C3H6OS/c1-2-3(4)5-2/h2-4H,1H3. The number of rotatable bonds is 0. The van der Waals surface area contributed by atoms with E-state index in [1.165, 1.54) is 0 Å². The van der Waals surface area contributed by atoms with Crippen LogP contribution in [0.25, 0.3) is 0 Å². The van der Waals surface area contributed by atoms with Crippen LogP contribution < -0.4 is 0 Å². The molecule has 0 bridgehead atoms. The van der Waals surface area contributed by atoms with Crippen LogP contribution in [-0.2, 0) is 0 Å². The molecular formula is C3H6OS. The molecule has 1 heterocycles. The molecule has 0 spiro atoms. The average molecular weight is 90.1 g/mol. The van der Waals surface area contributed by atoms with Crippen molar-refractivity contribution in [3.8, 4) is 0 Å². The molecule has 0 aromatic carbocycles. The van der Waals surface area contributed by atoms with Gasteiger partial charge in [0.05, 0.1) is 0 Å². The van der Waals surface area contributed by atoms with E-state index in [1.54, 1.807) is 11.8 Å². The highest BCUT2D eigenvalue weighted by Gasteiger charge is 2.30. The predicted molar refractivity (Wildman–Crippen MR) is 23.1 cm³/mol. The van der Waals surface area contributed by atoms with Gasteiger partial charge in [0.2, 0.25) is 0 Å². The molecule has 0 aliphatic carbocycles. The molecule has 1 aliphatic rings. The van der Waals surface area contributed by atoms with Crippen LogP contribution in [-0.4, -0.2) is 15.8 Å². The smallest absolute Gasteiger partial charge is 0.111 e. The topological polar surface area (TPSA) is 20.2 Å². The van der Waals surface area contributed by atoms with Crippen molar-refractivity contribution in [2.24, 2.45) is 0 Å². The molecule has 2 heteroatoms. The van der Waals surface area contributed by atoms with Crippen molar-refractivity contribution in [1.29, 1.82) is 0 Å². The maximum Gasteiger partial charge on any atom is 0.111 e. The molecule has 30 valence electrons. The SMILES string of the molecule is CC1SC1O. The summed E-state index contributed by atoms with van der Waals surface area (Å²) in [5.41, 5.74) is -0.0324. The first-order chi connectivity index (χ1) is 2.30. The molecule has 0 radical (unpaired) electrons. The molecule has 0 aromatic rings. The van der Waals surface area contributed by atoms with Crippen LogP contribution in [0.15, 0.2) is 0 Å². The maximum absolute atomic E-state index is 8.40. The van der Waals surface area contributed by atoms with E-state index in [9.17, 15) is 0 Å². The summed E-state index contributed by atoms with van der Waals surface area (Å²) < 4.78 is 0. The minimum absolute atomic E-state index is 0.0324. The van der Waals surface area contributed by atoms with E-state index >= 15 is 0 Å². The second kappa shape index (κ2) is 0.884. The van der Waals surface area contributed by atoms with Crippen LogP contribution in [0.2, 0.25) is 0 Å². The summed E-state index contributed by atoms with van der Waals surface area (Å²) >= 11 is 1.60. The fourth-order valence-electron chi connectivity index (χ4n) is 0.175. The molecular weight excluding hydrogens is 84.1 g/mol. The van der Waals surface area contributed by atoms with Crippen molar-refractivity contribution in [3.63, 3.8) is 0 Å². The molecule has 1 saturated heterocycles. The van der Waals surface area contributed by atoms with Gasteiger partial charge in [0.15, 0.2) is 0 Å². The van der Waals surface area contributed by atoms with Crippen molar-refractivity contribution in [2.75, 3.05) is 0 Å². The zero-order chi connectivity index (χ0) is 3.86. The van der Waals surface area contributed by atoms with E-state index in [0.717, 1.165) is 0 Å². The second-order valence-corrected chi connectivity index (χ2v) is 2.73. The van der Waals surface area contributed by atoms with Gasteiger partial charge in [-0.25, -0.2) is 0 Å². The highest BCUT2D eigenvalue weighted by atomic mass is 32.2. The molecule has 0 saturated carbocycles. The first-order valence-electron chi connectivity index (χ1n) is 1.64. The van der Waals surface area contributed by atoms with Gasteiger partial charge in [0.1, 0.15) is 5.44 Å². The van der Waals surface area contributed by atoms with Crippen molar-refractivity contribution >= 4 is 11.8 Å². The summed E-state index contributed by atoms with van der Waals surface area (Å²) in [6.07, 6.45) is 0. The lowest BCUT2D eigenvalue weighted by Gasteiger charge is -1.64. The highest BCUT2D eigenvalue weighted by Crippen LogP contribution is 2.37. The Morgan fingerprint density at radius 2 is 2.00 bits per heavy atom. The molecule has 1 nitrogen and oxygen atoms in total. The molecule has 5 heavy (non-hydrogen) atoms. The van der Waals surface area contributed by atoms with E-state index in [1.807, 2.05) is 6.92 Å². The fourth-order valence-corrected chi connectivity index (χ4v) is 0.524. The number of thioether (sulfide) groups is 1. The summed E-state index contributed by atoms with van der Waals surface area (Å²) in [4.78, 5) is 0. The van der Waals surface area contributed by atoms with Crippen LogP contribution in [0.4, 0.5) is 0 Å². The third kappa shape index (κ3) is 0.578. The second-order valence-electron chi connectivity index (χ2n) is 1.23. The van der Waals surface area contributed by atoms with E-state index in [2.05, 4.69) is 0 Å². The number of aliphatic hydroxyl groups excluding tert-OH is 1. The Balaban J connectivity index is 2.20. The van der Waals surface area contributed by atoms with E-state index in [0.29, 0.717) is 5.25 Å². The van der Waals surface area contributed by atoms with E-state index in [4.69, 9.17) is 5.11 Å². The number of hydrogen-bond acceptors (Lipinski definition) is 2. The van der Waals surface area contributed by atoms with Gasteiger partial charge in [0, 0.05) is 5.25 Å². The van der Waals surface area contributed by atoms with Crippen molar-refractivity contribution in [3.05, 3.63) is 0 Å². The summed E-state index contributed by atoms with van der Waals surface area (Å²) in [6, 6.07) is 0. The third-order valence-electron chi connectivity index (χ3n) is 0.679. The quantitative estimate of drug-likeness (QED) is 0.435. The Kier molecular flexibility index (Phi) is 0.618. The molecule has 1 N–H and O–H groups in total. The first-order valence-corrected chi connectivity index (χ1v) is 2.58. The van der Waals surface area contributed by atoms with Crippen LogP contribution in [0.1, 0.15) is 6.92 Å². The lowest BCUT2D eigenvalue weighted by atomic mass is 10.5. The zero-order valence-corrected chi connectivity index (χ0v) is 3.83. The summed E-state index contributed by atoms with van der Waals surface area (Å²) in [5.74, 6) is 0. The molecule has 2 atom stereocenters. The molecule has 2 unspecified atom stereocenters. The molecule has 1 aliphatic heterocycles. The maximum atomic E-state index is 8.40. The summed E-state index contributed by atoms with van der Waals surface area (Å²) in [7, 11) is 0. The largest absolute Gasteiger partial charge is 0.381 e. The van der Waals surface area contributed by atoms with Crippen LogP contribution >= 0.6 is 11.8 Å². The monoisotopic (exact) mass is 90.0 g/mol. The third-order valence-corrected chi connectivity index (χ3v) is 1.74. The Morgan fingerprint density at radius 3 is 2.00 bits per heavy atom. The molecule has 1 rings (SSSR count). The van der Waals surface area contributed by atoms with Crippen LogP contribution in [0.5, 0.6) is 0 Å². The van der Waals surface area contributed by atoms with Crippen LogP contribution in [0, 0.1) is 0 Å². The number of hydrogen-bond donors (Lipinski definition) is 1. The predicted octanol–water partition coefficient (Wildman–Crippen LogP) is 0.440. The fraction of sp³-hybridized carbons (Fsp3) is 1.00. The summed E-state index contributed by atoms with van der Waals surface area (Å²) in [6.45, 7) is 2.01. The minimum Gasteiger partial charge on any atom is -0.381 e. The molecule has 1 fully saturated rings. The van der Waals surface area contributed by atoms with Gasteiger partial charge in [-0.1, -0.05) is 0 Å². The van der Waals surface area contributed by atoms with Gasteiger partial charge in [-0.3, -0.25) is 0 Å². The van der Waals surface area contributed by atoms with E-state index in [-0.39, 0.29) is 5.44 Å². The minimum atomic E-state index is -0.0324. The Bertz CT molecular complexity index is 40.2. The Morgan fingerprint density at radius 1 is 1.80 bits per heavy atom. The Hall–Kier alpha value is 0.310. The average Bonchev–Trinajstić information content (AvgIpc) is 1.79. The van der Waals surface area contributed by atoms with Gasteiger partial charge in [0.25, 0.3) is 0 Å².